The molecule has 1 aromatic rings. The Bertz CT molecular complexity index is 539. The summed E-state index contributed by atoms with van der Waals surface area (Å²) in [4.78, 5) is 2.15. The lowest BCUT2D eigenvalue weighted by molar-refractivity contribution is -0.159. The topological polar surface area (TPSA) is 51.2 Å². The van der Waals surface area contributed by atoms with Crippen LogP contribution in [0, 0.1) is 11.8 Å². The first kappa shape index (κ1) is 18.9. The van der Waals surface area contributed by atoms with Crippen LogP contribution in [0.1, 0.15) is 18.9 Å². The molecule has 1 N–H and O–H groups in total. The molecule has 5 heteroatoms. The molecule has 0 aliphatic carbocycles. The molecule has 1 aliphatic heterocycles. The predicted octanol–water partition coefficient (Wildman–Crippen LogP) is 1.65. The summed E-state index contributed by atoms with van der Waals surface area (Å²) >= 11 is 0. The van der Waals surface area contributed by atoms with Gasteiger partial charge in [0.15, 0.2) is 6.29 Å². The van der Waals surface area contributed by atoms with Crippen LogP contribution in [0.5, 0.6) is 0 Å². The SMILES string of the molecule is CCC#CCOC1OC(CN(C)Cc2ccccc2)C(OC)C1O. The Morgan fingerprint density at radius 3 is 2.67 bits per heavy atom. The number of ether oxygens (including phenoxy) is 3. The Morgan fingerprint density at radius 2 is 2.00 bits per heavy atom. The summed E-state index contributed by atoms with van der Waals surface area (Å²) in [7, 11) is 3.61. The maximum atomic E-state index is 10.3. The minimum atomic E-state index is -0.812. The molecule has 4 atom stereocenters. The Morgan fingerprint density at radius 1 is 1.25 bits per heavy atom. The maximum Gasteiger partial charge on any atom is 0.187 e. The summed E-state index contributed by atoms with van der Waals surface area (Å²) in [5.74, 6) is 5.82. The van der Waals surface area contributed by atoms with Crippen LogP contribution in [0.25, 0.3) is 0 Å². The number of hydrogen-bond acceptors (Lipinski definition) is 5. The average Bonchev–Trinajstić information content (AvgIpc) is 2.87. The molecule has 0 aromatic heterocycles. The Kier molecular flexibility index (Phi) is 7.70. The van der Waals surface area contributed by atoms with E-state index in [-0.39, 0.29) is 12.7 Å². The van der Waals surface area contributed by atoms with Gasteiger partial charge in [-0.05, 0) is 12.6 Å². The van der Waals surface area contributed by atoms with Crippen molar-refractivity contribution in [2.75, 3.05) is 27.3 Å². The smallest absolute Gasteiger partial charge is 0.187 e. The molecule has 4 unspecified atom stereocenters. The number of methoxy groups -OCH3 is 1. The van der Waals surface area contributed by atoms with Crippen molar-refractivity contribution in [3.8, 4) is 11.8 Å². The molecule has 0 bridgehead atoms. The minimum absolute atomic E-state index is 0.247. The number of rotatable bonds is 7. The quantitative estimate of drug-likeness (QED) is 0.769. The van der Waals surface area contributed by atoms with Crippen molar-refractivity contribution in [3.05, 3.63) is 35.9 Å². The van der Waals surface area contributed by atoms with Crippen molar-refractivity contribution in [1.29, 1.82) is 0 Å². The first-order valence-corrected chi connectivity index (χ1v) is 8.31. The van der Waals surface area contributed by atoms with Gasteiger partial charge in [0.2, 0.25) is 0 Å². The van der Waals surface area contributed by atoms with Gasteiger partial charge in [-0.1, -0.05) is 43.2 Å². The Hall–Kier alpha value is -1.42. The molecule has 1 aromatic carbocycles. The fourth-order valence-corrected chi connectivity index (χ4v) is 2.85. The maximum absolute atomic E-state index is 10.3. The van der Waals surface area contributed by atoms with Crippen LogP contribution in [-0.4, -0.2) is 61.9 Å². The molecular formula is C19H27NO4. The van der Waals surface area contributed by atoms with Crippen LogP contribution in [0.2, 0.25) is 0 Å². The second kappa shape index (κ2) is 9.77. The third kappa shape index (κ3) is 5.30. The van der Waals surface area contributed by atoms with Gasteiger partial charge < -0.3 is 19.3 Å². The molecule has 24 heavy (non-hydrogen) atoms. The Labute approximate surface area is 144 Å². The van der Waals surface area contributed by atoms with Crippen LogP contribution in [0.3, 0.4) is 0 Å². The number of likely N-dealkylation sites (N-methyl/N-ethyl adjacent to an activating group) is 1. The molecule has 0 saturated carbocycles. The lowest BCUT2D eigenvalue weighted by atomic mass is 10.1. The van der Waals surface area contributed by atoms with Crippen molar-refractivity contribution in [2.24, 2.45) is 0 Å². The van der Waals surface area contributed by atoms with E-state index < -0.39 is 18.5 Å². The fourth-order valence-electron chi connectivity index (χ4n) is 2.85. The van der Waals surface area contributed by atoms with E-state index in [1.54, 1.807) is 7.11 Å². The summed E-state index contributed by atoms with van der Waals surface area (Å²) in [6.45, 7) is 3.68. The molecular weight excluding hydrogens is 306 g/mol. The fraction of sp³-hybridized carbons (Fsp3) is 0.579. The van der Waals surface area contributed by atoms with Gasteiger partial charge in [-0.25, -0.2) is 0 Å². The second-order valence-corrected chi connectivity index (χ2v) is 5.93. The molecule has 0 amide bonds. The average molecular weight is 333 g/mol. The van der Waals surface area contributed by atoms with Crippen LogP contribution in [0.15, 0.2) is 30.3 Å². The van der Waals surface area contributed by atoms with Crippen molar-refractivity contribution in [3.63, 3.8) is 0 Å². The second-order valence-electron chi connectivity index (χ2n) is 5.93. The van der Waals surface area contributed by atoms with Gasteiger partial charge in [0.05, 0.1) is 0 Å². The van der Waals surface area contributed by atoms with Gasteiger partial charge >= 0.3 is 0 Å². The van der Waals surface area contributed by atoms with E-state index in [0.29, 0.717) is 6.54 Å². The normalized spacial score (nSPS) is 26.4. The molecule has 1 aliphatic rings. The van der Waals surface area contributed by atoms with E-state index in [0.717, 1.165) is 13.0 Å². The number of benzene rings is 1. The summed E-state index contributed by atoms with van der Waals surface area (Å²) in [5, 5.41) is 10.3. The molecule has 132 valence electrons. The summed E-state index contributed by atoms with van der Waals surface area (Å²) in [5.41, 5.74) is 1.23. The molecule has 2 rings (SSSR count). The van der Waals surface area contributed by atoms with Crippen molar-refractivity contribution >= 4 is 0 Å². The van der Waals surface area contributed by atoms with Gasteiger partial charge in [0, 0.05) is 26.6 Å². The van der Waals surface area contributed by atoms with Crippen molar-refractivity contribution in [2.45, 2.75) is 44.5 Å². The lowest BCUT2D eigenvalue weighted by Crippen LogP contribution is -2.40. The number of aliphatic hydroxyl groups is 1. The van der Waals surface area contributed by atoms with E-state index in [1.807, 2.05) is 32.2 Å². The van der Waals surface area contributed by atoms with Crippen LogP contribution in [0.4, 0.5) is 0 Å². The third-order valence-corrected chi connectivity index (χ3v) is 3.97. The molecule has 0 spiro atoms. The van der Waals surface area contributed by atoms with Crippen molar-refractivity contribution < 1.29 is 19.3 Å². The zero-order chi connectivity index (χ0) is 17.4. The van der Waals surface area contributed by atoms with Gasteiger partial charge in [-0.15, -0.1) is 5.92 Å². The number of nitrogens with zero attached hydrogens (tertiary/aromatic N) is 1. The first-order chi connectivity index (χ1) is 11.7. The van der Waals surface area contributed by atoms with Crippen LogP contribution >= 0.6 is 0 Å². The lowest BCUT2D eigenvalue weighted by Gasteiger charge is -2.24. The number of aliphatic hydroxyl groups excluding tert-OH is 1. The zero-order valence-electron chi connectivity index (χ0n) is 14.6. The van der Waals surface area contributed by atoms with Gasteiger partial charge in [0.25, 0.3) is 0 Å². The minimum Gasteiger partial charge on any atom is -0.385 e. The van der Waals surface area contributed by atoms with Gasteiger partial charge in [-0.3, -0.25) is 4.90 Å². The summed E-state index contributed by atoms with van der Waals surface area (Å²) < 4.78 is 16.8. The highest BCUT2D eigenvalue weighted by atomic mass is 16.7. The van der Waals surface area contributed by atoms with E-state index >= 15 is 0 Å². The van der Waals surface area contributed by atoms with Crippen LogP contribution in [-0.2, 0) is 20.8 Å². The zero-order valence-corrected chi connectivity index (χ0v) is 14.6. The first-order valence-electron chi connectivity index (χ1n) is 8.31. The van der Waals surface area contributed by atoms with Gasteiger partial charge in [-0.2, -0.15) is 0 Å². The predicted molar refractivity (Wildman–Crippen MR) is 92.3 cm³/mol. The standard InChI is InChI=1S/C19H27NO4/c1-4-5-9-12-23-19-17(21)18(22-3)16(24-19)14-20(2)13-15-10-7-6-8-11-15/h6-8,10-11,16-19,21H,4,12-14H2,1-3H3. The van der Waals surface area contributed by atoms with Crippen molar-refractivity contribution in [1.82, 2.24) is 4.90 Å². The molecule has 1 saturated heterocycles. The molecule has 0 radical (unpaired) electrons. The molecule has 1 fully saturated rings. The van der Waals surface area contributed by atoms with Gasteiger partial charge in [0.1, 0.15) is 24.9 Å². The van der Waals surface area contributed by atoms with E-state index in [4.69, 9.17) is 14.2 Å². The Balaban J connectivity index is 1.88. The van der Waals surface area contributed by atoms with E-state index in [2.05, 4.69) is 28.9 Å². The highest BCUT2D eigenvalue weighted by molar-refractivity contribution is 5.14. The van der Waals surface area contributed by atoms with E-state index in [9.17, 15) is 5.11 Å². The highest BCUT2D eigenvalue weighted by Gasteiger charge is 2.44. The third-order valence-electron chi connectivity index (χ3n) is 3.97. The molecule has 1 heterocycles. The summed E-state index contributed by atoms with van der Waals surface area (Å²) in [6, 6.07) is 10.2. The monoisotopic (exact) mass is 333 g/mol. The van der Waals surface area contributed by atoms with Crippen LogP contribution < -0.4 is 0 Å². The van der Waals surface area contributed by atoms with E-state index in [1.165, 1.54) is 5.56 Å². The summed E-state index contributed by atoms with van der Waals surface area (Å²) in [6.07, 6.45) is -1.38. The molecule has 5 nitrogen and oxygen atoms in total. The highest BCUT2D eigenvalue weighted by Crippen LogP contribution is 2.25. The number of hydrogen-bond donors (Lipinski definition) is 1. The largest absolute Gasteiger partial charge is 0.385 e.